The second kappa shape index (κ2) is 6.47. The Balaban J connectivity index is 3.86. The minimum atomic E-state index is -0.173. The molecule has 74 valence electrons. The fraction of sp³-hybridized carbons (Fsp3) is 0.800. The van der Waals surface area contributed by atoms with Gasteiger partial charge in [0.05, 0.1) is 18.4 Å². The Kier molecular flexibility index (Phi) is 5.96. The van der Waals surface area contributed by atoms with Crippen molar-refractivity contribution in [1.82, 2.24) is 0 Å². The maximum Gasteiger partial charge on any atom is 0.309 e. The molecule has 0 aliphatic rings. The molecule has 0 aliphatic heterocycles. The molecule has 0 heterocycles. The quantitative estimate of drug-likeness (QED) is 0.484. The predicted molar refractivity (Wildman–Crippen MR) is 49.8 cm³/mol. The molecular weight excluding hydrogens is 166 g/mol. The van der Waals surface area contributed by atoms with Crippen LogP contribution in [0.1, 0.15) is 33.6 Å². The van der Waals surface area contributed by atoms with Crippen LogP contribution in [0.4, 0.5) is 0 Å². The largest absolute Gasteiger partial charge is 0.464 e. The van der Waals surface area contributed by atoms with Crippen molar-refractivity contribution in [1.29, 1.82) is 5.26 Å². The van der Waals surface area contributed by atoms with E-state index in [0.29, 0.717) is 5.92 Å². The van der Waals surface area contributed by atoms with E-state index >= 15 is 0 Å². The minimum absolute atomic E-state index is 0.0290. The first kappa shape index (κ1) is 12.0. The number of esters is 1. The van der Waals surface area contributed by atoms with E-state index in [1.165, 1.54) is 0 Å². The van der Waals surface area contributed by atoms with Gasteiger partial charge in [-0.1, -0.05) is 20.8 Å². The minimum Gasteiger partial charge on any atom is -0.464 e. The van der Waals surface area contributed by atoms with Gasteiger partial charge in [0, 0.05) is 0 Å². The van der Waals surface area contributed by atoms with Crippen molar-refractivity contribution in [2.45, 2.75) is 33.6 Å². The summed E-state index contributed by atoms with van der Waals surface area (Å²) in [6, 6.07) is 1.93. The molecule has 0 saturated carbocycles. The summed E-state index contributed by atoms with van der Waals surface area (Å²) < 4.78 is 4.94. The lowest BCUT2D eigenvalue weighted by Crippen LogP contribution is -2.22. The summed E-state index contributed by atoms with van der Waals surface area (Å²) in [5.41, 5.74) is 0. The van der Waals surface area contributed by atoms with Gasteiger partial charge in [-0.25, -0.2) is 0 Å². The van der Waals surface area contributed by atoms with Crippen molar-refractivity contribution in [3.05, 3.63) is 0 Å². The molecule has 0 rings (SSSR count). The summed E-state index contributed by atoms with van der Waals surface area (Å²) in [5.74, 6) is 0.103. The van der Waals surface area contributed by atoms with E-state index in [2.05, 4.69) is 0 Å². The number of nitrogens with zero attached hydrogens (tertiary/aromatic N) is 1. The lowest BCUT2D eigenvalue weighted by Gasteiger charge is -2.16. The van der Waals surface area contributed by atoms with Crippen molar-refractivity contribution < 1.29 is 9.53 Å². The number of nitriles is 1. The van der Waals surface area contributed by atoms with Crippen LogP contribution in [0.2, 0.25) is 0 Å². The Morgan fingerprint density at radius 2 is 2.15 bits per heavy atom. The molecule has 1 atom stereocenters. The molecule has 0 fully saturated rings. The first-order valence-electron chi connectivity index (χ1n) is 4.67. The summed E-state index contributed by atoms with van der Waals surface area (Å²) >= 11 is 0. The van der Waals surface area contributed by atoms with Crippen LogP contribution in [0, 0.1) is 23.2 Å². The van der Waals surface area contributed by atoms with E-state index < -0.39 is 0 Å². The number of ether oxygens (including phenoxy) is 1. The van der Waals surface area contributed by atoms with Gasteiger partial charge in [0.1, 0.15) is 6.61 Å². The molecule has 0 bridgehead atoms. The number of carbonyl (C=O) groups is 1. The van der Waals surface area contributed by atoms with Crippen LogP contribution < -0.4 is 0 Å². The molecule has 0 N–H and O–H groups in total. The van der Waals surface area contributed by atoms with Gasteiger partial charge in [-0.15, -0.1) is 0 Å². The van der Waals surface area contributed by atoms with E-state index in [1.807, 2.05) is 26.8 Å². The summed E-state index contributed by atoms with van der Waals surface area (Å²) in [6.45, 7) is 6.19. The van der Waals surface area contributed by atoms with Gasteiger partial charge in [-0.2, -0.15) is 5.26 Å². The smallest absolute Gasteiger partial charge is 0.309 e. The van der Waals surface area contributed by atoms with Gasteiger partial charge < -0.3 is 4.74 Å². The first-order chi connectivity index (χ1) is 6.13. The van der Waals surface area contributed by atoms with Crippen LogP contribution in [-0.4, -0.2) is 12.6 Å². The molecule has 0 radical (unpaired) electrons. The molecule has 0 aromatic rings. The molecule has 0 aromatic carbocycles. The molecule has 0 saturated heterocycles. The van der Waals surface area contributed by atoms with Crippen LogP contribution in [0.15, 0.2) is 0 Å². The van der Waals surface area contributed by atoms with E-state index in [-0.39, 0.29) is 24.9 Å². The maximum absolute atomic E-state index is 11.4. The monoisotopic (exact) mass is 183 g/mol. The summed E-state index contributed by atoms with van der Waals surface area (Å²) in [5, 5.41) is 8.24. The van der Waals surface area contributed by atoms with Crippen LogP contribution >= 0.6 is 0 Å². The highest BCUT2D eigenvalue weighted by Crippen LogP contribution is 2.16. The summed E-state index contributed by atoms with van der Waals surface area (Å²) in [7, 11) is 0. The van der Waals surface area contributed by atoms with E-state index in [9.17, 15) is 4.79 Å². The van der Waals surface area contributed by atoms with Crippen LogP contribution in [0.25, 0.3) is 0 Å². The van der Waals surface area contributed by atoms with E-state index in [1.54, 1.807) is 0 Å². The maximum atomic E-state index is 11.4. The fourth-order valence-electron chi connectivity index (χ4n) is 1.21. The zero-order valence-corrected chi connectivity index (χ0v) is 8.54. The molecular formula is C10H17NO2. The van der Waals surface area contributed by atoms with Crippen LogP contribution in [0.5, 0.6) is 0 Å². The molecule has 0 amide bonds. The van der Waals surface area contributed by atoms with Gasteiger partial charge in [0.2, 0.25) is 0 Å². The molecule has 3 heteroatoms. The topological polar surface area (TPSA) is 50.1 Å². The average Bonchev–Trinajstić information content (AvgIpc) is 2.05. The molecule has 13 heavy (non-hydrogen) atoms. The van der Waals surface area contributed by atoms with Crippen molar-refractivity contribution in [3.8, 4) is 6.07 Å². The third kappa shape index (κ3) is 4.51. The molecule has 0 aliphatic carbocycles. The zero-order chi connectivity index (χ0) is 10.3. The Hall–Kier alpha value is -1.04. The number of hydrogen-bond donors (Lipinski definition) is 0. The Morgan fingerprint density at radius 1 is 1.54 bits per heavy atom. The third-order valence-corrected chi connectivity index (χ3v) is 2.01. The first-order valence-corrected chi connectivity index (χ1v) is 4.67. The van der Waals surface area contributed by atoms with Crippen molar-refractivity contribution >= 4 is 5.97 Å². The standard InChI is InChI=1S/C10H17NO2/c1-4-9(8(2)3)10(12)13-7-5-6-11/h8-9H,4-5,7H2,1-3H3. The number of carbonyl (C=O) groups excluding carboxylic acids is 1. The summed E-state index contributed by atoms with van der Waals surface area (Å²) in [4.78, 5) is 11.4. The van der Waals surface area contributed by atoms with Crippen LogP contribution in [-0.2, 0) is 9.53 Å². The molecule has 1 unspecified atom stereocenters. The Labute approximate surface area is 79.7 Å². The number of rotatable bonds is 5. The highest BCUT2D eigenvalue weighted by molar-refractivity contribution is 5.72. The molecule has 0 spiro atoms. The highest BCUT2D eigenvalue weighted by Gasteiger charge is 2.21. The number of hydrogen-bond acceptors (Lipinski definition) is 3. The predicted octanol–water partition coefficient (Wildman–Crippen LogP) is 2.13. The van der Waals surface area contributed by atoms with Crippen molar-refractivity contribution in [2.24, 2.45) is 11.8 Å². The summed E-state index contributed by atoms with van der Waals surface area (Å²) in [6.07, 6.45) is 1.07. The van der Waals surface area contributed by atoms with Gasteiger partial charge >= 0.3 is 5.97 Å². The van der Waals surface area contributed by atoms with Gasteiger partial charge in [0.15, 0.2) is 0 Å². The van der Waals surface area contributed by atoms with Crippen molar-refractivity contribution in [3.63, 3.8) is 0 Å². The molecule has 0 aromatic heterocycles. The molecule has 3 nitrogen and oxygen atoms in total. The Bertz CT molecular complexity index is 194. The van der Waals surface area contributed by atoms with Gasteiger partial charge in [-0.3, -0.25) is 4.79 Å². The Morgan fingerprint density at radius 3 is 2.54 bits per heavy atom. The zero-order valence-electron chi connectivity index (χ0n) is 8.54. The highest BCUT2D eigenvalue weighted by atomic mass is 16.5. The van der Waals surface area contributed by atoms with E-state index in [0.717, 1.165) is 6.42 Å². The van der Waals surface area contributed by atoms with Gasteiger partial charge in [0.25, 0.3) is 0 Å². The third-order valence-electron chi connectivity index (χ3n) is 2.01. The fourth-order valence-corrected chi connectivity index (χ4v) is 1.21. The van der Waals surface area contributed by atoms with Crippen molar-refractivity contribution in [2.75, 3.05) is 6.61 Å². The van der Waals surface area contributed by atoms with Gasteiger partial charge in [-0.05, 0) is 12.3 Å². The average molecular weight is 183 g/mol. The second-order valence-corrected chi connectivity index (χ2v) is 3.33. The van der Waals surface area contributed by atoms with Crippen LogP contribution in [0.3, 0.4) is 0 Å². The lowest BCUT2D eigenvalue weighted by molar-refractivity contribution is -0.150. The lowest BCUT2D eigenvalue weighted by atomic mass is 9.94. The second-order valence-electron chi connectivity index (χ2n) is 3.33. The normalized spacial score (nSPS) is 12.2. The SMILES string of the molecule is CCC(C(=O)OCCC#N)C(C)C. The van der Waals surface area contributed by atoms with E-state index in [4.69, 9.17) is 10.00 Å².